The second-order valence-electron chi connectivity index (χ2n) is 8.21. The van der Waals surface area contributed by atoms with Crippen molar-refractivity contribution >= 4 is 56.6 Å². The van der Waals surface area contributed by atoms with Crippen molar-refractivity contribution in [2.24, 2.45) is 0 Å². The minimum absolute atomic E-state index is 0.128. The highest BCUT2D eigenvalue weighted by molar-refractivity contribution is 9.10. The topological polar surface area (TPSA) is 67.4 Å². The van der Waals surface area contributed by atoms with Gasteiger partial charge < -0.3 is 15.4 Å². The predicted octanol–water partition coefficient (Wildman–Crippen LogP) is 6.00. The number of amides is 2. The Kier molecular flexibility index (Phi) is 5.63. The van der Waals surface area contributed by atoms with Crippen molar-refractivity contribution in [3.05, 3.63) is 91.9 Å². The lowest BCUT2D eigenvalue weighted by molar-refractivity contribution is -0.131. The van der Waals surface area contributed by atoms with Gasteiger partial charge in [-0.05, 0) is 53.6 Å². The van der Waals surface area contributed by atoms with E-state index in [0.717, 1.165) is 15.6 Å². The summed E-state index contributed by atoms with van der Waals surface area (Å²) in [6, 6.07) is 17.6. The van der Waals surface area contributed by atoms with Crippen molar-refractivity contribution in [2.75, 3.05) is 12.4 Å². The van der Waals surface area contributed by atoms with E-state index < -0.39 is 17.4 Å². The second-order valence-corrected chi connectivity index (χ2v) is 10.0. The Morgan fingerprint density at radius 3 is 2.58 bits per heavy atom. The molecule has 0 saturated carbocycles. The SMILES string of the molecule is COc1ccc(Br)cc1C1NC(=O)CC(c2cccc(Cl)c2)C12C(=O)Nc1cc(Cl)ccc12. The first-order valence-corrected chi connectivity index (χ1v) is 11.9. The van der Waals surface area contributed by atoms with E-state index in [1.54, 1.807) is 25.3 Å². The van der Waals surface area contributed by atoms with Gasteiger partial charge in [0.25, 0.3) is 0 Å². The summed E-state index contributed by atoms with van der Waals surface area (Å²) in [7, 11) is 1.57. The van der Waals surface area contributed by atoms with E-state index in [9.17, 15) is 9.59 Å². The van der Waals surface area contributed by atoms with E-state index >= 15 is 0 Å². The van der Waals surface area contributed by atoms with E-state index in [1.807, 2.05) is 42.5 Å². The van der Waals surface area contributed by atoms with Crippen molar-refractivity contribution in [3.8, 4) is 5.75 Å². The summed E-state index contributed by atoms with van der Waals surface area (Å²) in [5.74, 6) is -0.268. The first-order valence-electron chi connectivity index (χ1n) is 10.3. The van der Waals surface area contributed by atoms with Gasteiger partial charge in [-0.25, -0.2) is 0 Å². The molecule has 0 radical (unpaired) electrons. The number of hydrogen-bond acceptors (Lipinski definition) is 3. The van der Waals surface area contributed by atoms with Crippen LogP contribution < -0.4 is 15.4 Å². The van der Waals surface area contributed by atoms with Crippen molar-refractivity contribution in [2.45, 2.75) is 23.8 Å². The van der Waals surface area contributed by atoms with Gasteiger partial charge in [-0.1, -0.05) is 57.3 Å². The normalized spacial score (nSPS) is 23.8. The molecule has 1 spiro atoms. The molecule has 0 bridgehead atoms. The third-order valence-corrected chi connectivity index (χ3v) is 7.47. The zero-order chi connectivity index (χ0) is 23.3. The van der Waals surface area contributed by atoms with Crippen LogP contribution in [-0.2, 0) is 15.0 Å². The van der Waals surface area contributed by atoms with Crippen LogP contribution in [0.5, 0.6) is 5.75 Å². The Labute approximate surface area is 209 Å². The average molecular weight is 546 g/mol. The molecule has 2 amide bonds. The van der Waals surface area contributed by atoms with Crippen LogP contribution in [0.15, 0.2) is 65.1 Å². The quantitative estimate of drug-likeness (QED) is 0.424. The van der Waals surface area contributed by atoms with E-state index in [0.29, 0.717) is 27.0 Å². The van der Waals surface area contributed by atoms with Crippen molar-refractivity contribution in [3.63, 3.8) is 0 Å². The van der Waals surface area contributed by atoms with Crippen LogP contribution in [0.25, 0.3) is 0 Å². The third kappa shape index (κ3) is 3.52. The van der Waals surface area contributed by atoms with Gasteiger partial charge in [-0.2, -0.15) is 0 Å². The molecule has 1 fully saturated rings. The Bertz CT molecular complexity index is 1300. The highest BCUT2D eigenvalue weighted by Crippen LogP contribution is 2.58. The number of methoxy groups -OCH3 is 1. The molecular formula is C25H19BrCl2N2O3. The van der Waals surface area contributed by atoms with Crippen LogP contribution >= 0.6 is 39.1 Å². The Morgan fingerprint density at radius 2 is 1.82 bits per heavy atom. The maximum absolute atomic E-state index is 14.0. The van der Waals surface area contributed by atoms with Gasteiger partial charge >= 0.3 is 0 Å². The number of anilines is 1. The molecular weight excluding hydrogens is 527 g/mol. The van der Waals surface area contributed by atoms with Crippen molar-refractivity contribution in [1.82, 2.24) is 5.32 Å². The number of ether oxygens (including phenoxy) is 1. The van der Waals surface area contributed by atoms with E-state index in [2.05, 4.69) is 26.6 Å². The molecule has 8 heteroatoms. The third-order valence-electron chi connectivity index (χ3n) is 6.50. The molecule has 1 saturated heterocycles. The van der Waals surface area contributed by atoms with Crippen LogP contribution in [0.2, 0.25) is 10.0 Å². The van der Waals surface area contributed by atoms with Crippen LogP contribution in [-0.4, -0.2) is 18.9 Å². The molecule has 5 nitrogen and oxygen atoms in total. The molecule has 2 N–H and O–H groups in total. The lowest BCUT2D eigenvalue weighted by Gasteiger charge is -2.46. The standard InChI is InChI=1S/C25H19BrCl2N2O3/c1-33-21-8-5-14(26)10-17(21)23-25(18-7-6-16(28)11-20(18)29-24(25)32)19(12-22(31)30-23)13-3-2-4-15(27)9-13/h2-11,19,23H,12H2,1H3,(H,29,32)(H,30,31). The summed E-state index contributed by atoms with van der Waals surface area (Å²) in [4.78, 5) is 27.0. The summed E-state index contributed by atoms with van der Waals surface area (Å²) in [5, 5.41) is 7.18. The molecule has 2 heterocycles. The van der Waals surface area contributed by atoms with E-state index in [-0.39, 0.29) is 18.2 Å². The Balaban J connectivity index is 1.84. The van der Waals surface area contributed by atoms with Gasteiger partial charge in [0.1, 0.15) is 11.2 Å². The highest BCUT2D eigenvalue weighted by atomic mass is 79.9. The molecule has 3 atom stereocenters. The number of rotatable bonds is 3. The molecule has 3 unspecified atom stereocenters. The van der Waals surface area contributed by atoms with Gasteiger partial charge in [0.15, 0.2) is 0 Å². The minimum Gasteiger partial charge on any atom is -0.496 e. The molecule has 3 aromatic rings. The zero-order valence-corrected chi connectivity index (χ0v) is 20.6. The summed E-state index contributed by atoms with van der Waals surface area (Å²) >= 11 is 16.1. The fourth-order valence-corrected chi connectivity index (χ4v) is 5.95. The lowest BCUT2D eigenvalue weighted by Crippen LogP contribution is -2.56. The maximum Gasteiger partial charge on any atom is 0.238 e. The van der Waals surface area contributed by atoms with Crippen LogP contribution in [0, 0.1) is 0 Å². The molecule has 0 aromatic heterocycles. The molecule has 168 valence electrons. The van der Waals surface area contributed by atoms with Crippen molar-refractivity contribution in [1.29, 1.82) is 0 Å². The first-order chi connectivity index (χ1) is 15.8. The Hall–Kier alpha value is -2.54. The highest BCUT2D eigenvalue weighted by Gasteiger charge is 2.61. The fourth-order valence-electron chi connectivity index (χ4n) is 5.20. The number of piperidine rings is 1. The van der Waals surface area contributed by atoms with Crippen LogP contribution in [0.4, 0.5) is 5.69 Å². The number of carbonyl (C=O) groups is 2. The van der Waals surface area contributed by atoms with E-state index in [1.165, 1.54) is 0 Å². The summed E-state index contributed by atoms with van der Waals surface area (Å²) < 4.78 is 6.46. The number of nitrogens with one attached hydrogen (secondary N) is 2. The van der Waals surface area contributed by atoms with Crippen molar-refractivity contribution < 1.29 is 14.3 Å². The first kappa shape index (κ1) is 22.3. The van der Waals surface area contributed by atoms with Gasteiger partial charge in [-0.15, -0.1) is 0 Å². The molecule has 33 heavy (non-hydrogen) atoms. The molecule has 2 aliphatic heterocycles. The number of hydrogen-bond donors (Lipinski definition) is 2. The average Bonchev–Trinajstić information content (AvgIpc) is 3.06. The van der Waals surface area contributed by atoms with Gasteiger partial charge in [0.05, 0.1) is 13.2 Å². The number of benzene rings is 3. The van der Waals surface area contributed by atoms with Crippen LogP contribution in [0.3, 0.4) is 0 Å². The predicted molar refractivity (Wildman–Crippen MR) is 132 cm³/mol. The Morgan fingerprint density at radius 1 is 1.03 bits per heavy atom. The summed E-state index contributed by atoms with van der Waals surface area (Å²) in [5.41, 5.74) is 1.77. The molecule has 3 aromatic carbocycles. The maximum atomic E-state index is 14.0. The number of halogens is 3. The number of fused-ring (bicyclic) bond motifs is 2. The second kappa shape index (κ2) is 8.35. The van der Waals surface area contributed by atoms with Gasteiger partial charge in [-0.3, -0.25) is 9.59 Å². The van der Waals surface area contributed by atoms with Gasteiger partial charge in [0, 0.05) is 38.1 Å². The lowest BCUT2D eigenvalue weighted by atomic mass is 9.59. The minimum atomic E-state index is -1.15. The molecule has 2 aliphatic rings. The monoisotopic (exact) mass is 544 g/mol. The summed E-state index contributed by atoms with van der Waals surface area (Å²) in [6.07, 6.45) is 0.128. The number of carbonyl (C=O) groups excluding carboxylic acids is 2. The van der Waals surface area contributed by atoms with Gasteiger partial charge in [0.2, 0.25) is 11.8 Å². The van der Waals surface area contributed by atoms with E-state index in [4.69, 9.17) is 27.9 Å². The molecule has 5 rings (SSSR count). The zero-order valence-electron chi connectivity index (χ0n) is 17.5. The largest absolute Gasteiger partial charge is 0.496 e. The van der Waals surface area contributed by atoms with Crippen LogP contribution in [0.1, 0.15) is 35.1 Å². The smallest absolute Gasteiger partial charge is 0.238 e. The summed E-state index contributed by atoms with van der Waals surface area (Å²) in [6.45, 7) is 0. The molecule has 0 aliphatic carbocycles. The fraction of sp³-hybridized carbons (Fsp3) is 0.200.